The van der Waals surface area contributed by atoms with Gasteiger partial charge >= 0.3 is 6.18 Å². The van der Waals surface area contributed by atoms with Crippen molar-refractivity contribution >= 4 is 17.6 Å². The first kappa shape index (κ1) is 18.5. The molecule has 1 atom stereocenters. The van der Waals surface area contributed by atoms with Crippen LogP contribution in [0.2, 0.25) is 0 Å². The van der Waals surface area contributed by atoms with Crippen molar-refractivity contribution in [2.24, 2.45) is 4.40 Å². The van der Waals surface area contributed by atoms with E-state index in [1.54, 1.807) is 24.3 Å². The number of hydrogen-bond donors (Lipinski definition) is 0. The molecular formula is C17H17F3N2OS. The summed E-state index contributed by atoms with van der Waals surface area (Å²) in [4.78, 5) is 3.85. The maximum Gasteiger partial charge on any atom is 0.417 e. The van der Waals surface area contributed by atoms with E-state index < -0.39 is 27.8 Å². The highest BCUT2D eigenvalue weighted by molar-refractivity contribution is 7.91. The Morgan fingerprint density at radius 3 is 2.12 bits per heavy atom. The Kier molecular flexibility index (Phi) is 5.35. The third-order valence-electron chi connectivity index (χ3n) is 3.12. The number of hydrogen-bond acceptors (Lipinski definition) is 3. The van der Waals surface area contributed by atoms with E-state index in [0.29, 0.717) is 11.3 Å². The zero-order valence-corrected chi connectivity index (χ0v) is 14.3. The van der Waals surface area contributed by atoms with Crippen molar-refractivity contribution in [2.75, 3.05) is 0 Å². The molecule has 0 unspecified atom stereocenters. The van der Waals surface area contributed by atoms with Gasteiger partial charge in [0.2, 0.25) is 0 Å². The first-order valence-electron chi connectivity index (χ1n) is 7.17. The van der Waals surface area contributed by atoms with Crippen LogP contribution in [0.5, 0.6) is 0 Å². The van der Waals surface area contributed by atoms with Gasteiger partial charge < -0.3 is 4.55 Å². The molecule has 0 bridgehead atoms. The highest BCUT2D eigenvalue weighted by Crippen LogP contribution is 2.29. The quantitative estimate of drug-likeness (QED) is 0.595. The van der Waals surface area contributed by atoms with Gasteiger partial charge in [0, 0.05) is 11.8 Å². The topological polar surface area (TPSA) is 48.3 Å². The van der Waals surface area contributed by atoms with Crippen LogP contribution < -0.4 is 0 Å². The van der Waals surface area contributed by atoms with Gasteiger partial charge in [-0.15, -0.1) is 0 Å². The fourth-order valence-corrected chi connectivity index (χ4v) is 2.27. The fourth-order valence-electron chi connectivity index (χ4n) is 1.74. The first-order valence-corrected chi connectivity index (χ1v) is 8.28. The number of halogens is 3. The van der Waals surface area contributed by atoms with E-state index >= 15 is 0 Å². The molecule has 24 heavy (non-hydrogen) atoms. The lowest BCUT2D eigenvalue weighted by atomic mass is 10.1. The maximum absolute atomic E-state index is 12.5. The average molecular weight is 354 g/mol. The lowest BCUT2D eigenvalue weighted by molar-refractivity contribution is -0.137. The van der Waals surface area contributed by atoms with E-state index in [-0.39, 0.29) is 0 Å². The molecule has 1 aromatic carbocycles. The predicted molar refractivity (Wildman–Crippen MR) is 90.2 cm³/mol. The van der Waals surface area contributed by atoms with Gasteiger partial charge in [-0.25, -0.2) is 0 Å². The highest BCUT2D eigenvalue weighted by Gasteiger charge is 2.30. The Hall–Kier alpha value is -1.86. The Bertz CT molecular complexity index is 705. The molecule has 0 saturated carbocycles. The second-order valence-electron chi connectivity index (χ2n) is 6.15. The Morgan fingerprint density at radius 2 is 1.67 bits per heavy atom. The summed E-state index contributed by atoms with van der Waals surface area (Å²) < 4.78 is 53.0. The van der Waals surface area contributed by atoms with Gasteiger partial charge in [0.1, 0.15) is 16.1 Å². The second-order valence-corrected chi connectivity index (χ2v) is 8.08. The van der Waals surface area contributed by atoms with Crippen LogP contribution in [0.25, 0.3) is 11.3 Å². The van der Waals surface area contributed by atoms with Gasteiger partial charge in [-0.05, 0) is 38.5 Å². The van der Waals surface area contributed by atoms with Crippen molar-refractivity contribution in [1.29, 1.82) is 0 Å². The van der Waals surface area contributed by atoms with Crippen molar-refractivity contribution in [1.82, 2.24) is 4.98 Å². The number of rotatable bonds is 3. The Labute approximate surface area is 142 Å². The van der Waals surface area contributed by atoms with Crippen molar-refractivity contribution in [2.45, 2.75) is 31.7 Å². The average Bonchev–Trinajstić information content (AvgIpc) is 2.51. The summed E-state index contributed by atoms with van der Waals surface area (Å²) in [6.07, 6.45) is -2.06. The monoisotopic (exact) mass is 354 g/mol. The molecule has 1 aromatic heterocycles. The normalized spacial score (nSPS) is 14.1. The summed E-state index contributed by atoms with van der Waals surface area (Å²) in [6, 6.07) is 9.30. The summed E-state index contributed by atoms with van der Waals surface area (Å²) in [7, 11) is 0. The van der Waals surface area contributed by atoms with Crippen LogP contribution in [0.1, 0.15) is 31.9 Å². The molecule has 3 nitrogen and oxygen atoms in total. The van der Waals surface area contributed by atoms with Gasteiger partial charge in [0.15, 0.2) is 0 Å². The van der Waals surface area contributed by atoms with Crippen LogP contribution in [0.4, 0.5) is 13.2 Å². The molecule has 2 aromatic rings. The minimum atomic E-state index is -4.39. The molecule has 0 aliphatic heterocycles. The van der Waals surface area contributed by atoms with E-state index in [9.17, 15) is 17.7 Å². The fraction of sp³-hybridized carbons (Fsp3) is 0.294. The van der Waals surface area contributed by atoms with Crippen molar-refractivity contribution < 1.29 is 17.7 Å². The number of alkyl halides is 3. The minimum Gasteiger partial charge on any atom is -0.591 e. The smallest absolute Gasteiger partial charge is 0.417 e. The summed E-state index contributed by atoms with van der Waals surface area (Å²) in [5.74, 6) is 0. The van der Waals surface area contributed by atoms with Crippen molar-refractivity contribution in [3.05, 3.63) is 53.7 Å². The highest BCUT2D eigenvalue weighted by atomic mass is 32.2. The standard InChI is InChI=1S/C17H17F3N2OS/c1-16(2,3)24(23)22-10-12-4-6-13(7-5-12)15-9-8-14(11-21-15)17(18,19)20/h4-11H,1-3H3/b22-10+/t24-/m0/s1. The summed E-state index contributed by atoms with van der Waals surface area (Å²) in [5, 5.41) is 0. The van der Waals surface area contributed by atoms with Crippen LogP contribution in [0, 0.1) is 0 Å². The van der Waals surface area contributed by atoms with Gasteiger partial charge in [0.05, 0.1) is 17.5 Å². The molecule has 0 amide bonds. The summed E-state index contributed by atoms with van der Waals surface area (Å²) in [6.45, 7) is 5.50. The minimum absolute atomic E-state index is 0.430. The summed E-state index contributed by atoms with van der Waals surface area (Å²) >= 11 is -1.34. The Morgan fingerprint density at radius 1 is 1.04 bits per heavy atom. The van der Waals surface area contributed by atoms with E-state index in [0.717, 1.165) is 17.8 Å². The Balaban J connectivity index is 2.13. The molecule has 0 spiro atoms. The molecule has 0 fully saturated rings. The molecule has 0 aliphatic carbocycles. The molecule has 0 N–H and O–H groups in total. The SMILES string of the molecule is CC(C)(C)[S@+]([O-])/N=C/c1ccc(-c2ccc(C(F)(F)F)cn2)cc1. The first-order chi connectivity index (χ1) is 11.1. The van der Waals surface area contributed by atoms with Crippen molar-refractivity contribution in [3.63, 3.8) is 0 Å². The van der Waals surface area contributed by atoms with E-state index in [1.807, 2.05) is 20.8 Å². The maximum atomic E-state index is 12.5. The predicted octanol–water partition coefficient (Wildman–Crippen LogP) is 4.65. The van der Waals surface area contributed by atoms with Crippen molar-refractivity contribution in [3.8, 4) is 11.3 Å². The zero-order valence-electron chi connectivity index (χ0n) is 13.5. The molecule has 1 heterocycles. The van der Waals surface area contributed by atoms with Gasteiger partial charge in [-0.1, -0.05) is 28.7 Å². The molecule has 0 radical (unpaired) electrons. The van der Waals surface area contributed by atoms with E-state index in [2.05, 4.69) is 9.38 Å². The van der Waals surface area contributed by atoms with Crippen LogP contribution in [-0.4, -0.2) is 20.5 Å². The molecule has 0 aliphatic rings. The number of nitrogens with zero attached hydrogens (tertiary/aromatic N) is 2. The largest absolute Gasteiger partial charge is 0.591 e. The lowest BCUT2D eigenvalue weighted by Gasteiger charge is -2.17. The molecule has 7 heteroatoms. The molecule has 0 saturated heterocycles. The third kappa shape index (κ3) is 4.82. The van der Waals surface area contributed by atoms with Crippen LogP contribution >= 0.6 is 0 Å². The van der Waals surface area contributed by atoms with Crippen LogP contribution in [0.15, 0.2) is 47.0 Å². The summed E-state index contributed by atoms with van der Waals surface area (Å²) in [5.41, 5.74) is 1.12. The van der Waals surface area contributed by atoms with Gasteiger partial charge in [-0.2, -0.15) is 13.2 Å². The van der Waals surface area contributed by atoms with Gasteiger partial charge in [0.25, 0.3) is 0 Å². The second kappa shape index (κ2) is 6.94. The molecular weight excluding hydrogens is 337 g/mol. The van der Waals surface area contributed by atoms with E-state index in [4.69, 9.17) is 0 Å². The lowest BCUT2D eigenvalue weighted by Crippen LogP contribution is -2.25. The number of pyridine rings is 1. The molecule has 2 rings (SSSR count). The zero-order chi connectivity index (χ0) is 18.0. The third-order valence-corrected chi connectivity index (χ3v) is 4.46. The van der Waals surface area contributed by atoms with Gasteiger partial charge in [-0.3, -0.25) is 4.98 Å². The number of benzene rings is 1. The van der Waals surface area contributed by atoms with E-state index in [1.165, 1.54) is 12.3 Å². The van der Waals surface area contributed by atoms with Crippen LogP contribution in [-0.2, 0) is 17.5 Å². The number of aromatic nitrogens is 1. The molecule has 128 valence electrons. The van der Waals surface area contributed by atoms with Crippen LogP contribution in [0.3, 0.4) is 0 Å².